The molecule has 8 heteroatoms. The standard InChI is InChI=1S/C19H25N3O5/c1-4-26-15-7-9-16(10-8-15)27-11-5-6-17(23)21-14-12-20-22(13-14)19(2,3)18(24)25/h7-10,12-13H,4-6,11H2,1-3H3,(H,21,23)(H,24,25). The number of hydrogen-bond acceptors (Lipinski definition) is 5. The van der Waals surface area contributed by atoms with Crippen LogP contribution >= 0.6 is 0 Å². The molecule has 2 aromatic rings. The van der Waals surface area contributed by atoms with E-state index in [9.17, 15) is 14.7 Å². The van der Waals surface area contributed by atoms with Crippen LogP contribution in [-0.4, -0.2) is 40.0 Å². The first-order valence-corrected chi connectivity index (χ1v) is 8.77. The fourth-order valence-corrected chi connectivity index (χ4v) is 2.24. The van der Waals surface area contributed by atoms with E-state index in [4.69, 9.17) is 9.47 Å². The van der Waals surface area contributed by atoms with Crippen LogP contribution in [0.15, 0.2) is 36.7 Å². The number of aliphatic carboxylic acids is 1. The van der Waals surface area contributed by atoms with Gasteiger partial charge in [0.15, 0.2) is 5.54 Å². The van der Waals surface area contributed by atoms with E-state index in [1.54, 1.807) is 0 Å². The van der Waals surface area contributed by atoms with Crippen molar-refractivity contribution in [2.24, 2.45) is 0 Å². The first kappa shape index (κ1) is 20.3. The molecule has 0 aliphatic rings. The Bertz CT molecular complexity index is 768. The van der Waals surface area contributed by atoms with Crippen LogP contribution in [0.1, 0.15) is 33.6 Å². The lowest BCUT2D eigenvalue weighted by molar-refractivity contribution is -0.146. The third-order valence-electron chi connectivity index (χ3n) is 3.91. The number of nitrogens with zero attached hydrogens (tertiary/aromatic N) is 2. The van der Waals surface area contributed by atoms with Gasteiger partial charge in [-0.15, -0.1) is 0 Å². The van der Waals surface area contributed by atoms with Gasteiger partial charge in [0.25, 0.3) is 0 Å². The average molecular weight is 375 g/mol. The smallest absolute Gasteiger partial charge is 0.331 e. The Kier molecular flexibility index (Phi) is 6.81. The fourth-order valence-electron chi connectivity index (χ4n) is 2.24. The van der Waals surface area contributed by atoms with Gasteiger partial charge in [-0.05, 0) is 51.5 Å². The summed E-state index contributed by atoms with van der Waals surface area (Å²) >= 11 is 0. The summed E-state index contributed by atoms with van der Waals surface area (Å²) in [7, 11) is 0. The van der Waals surface area contributed by atoms with Crippen molar-refractivity contribution in [1.29, 1.82) is 0 Å². The van der Waals surface area contributed by atoms with Gasteiger partial charge in [0.05, 0.1) is 25.1 Å². The molecule has 27 heavy (non-hydrogen) atoms. The summed E-state index contributed by atoms with van der Waals surface area (Å²) in [5.41, 5.74) is -0.726. The van der Waals surface area contributed by atoms with Crippen LogP contribution in [0.2, 0.25) is 0 Å². The summed E-state index contributed by atoms with van der Waals surface area (Å²) in [4.78, 5) is 23.2. The molecule has 1 amide bonds. The molecule has 146 valence electrons. The Labute approximate surface area is 158 Å². The molecule has 2 rings (SSSR count). The van der Waals surface area contributed by atoms with E-state index in [1.165, 1.54) is 30.9 Å². The zero-order chi connectivity index (χ0) is 19.9. The van der Waals surface area contributed by atoms with Crippen molar-refractivity contribution in [3.05, 3.63) is 36.7 Å². The molecule has 0 aliphatic heterocycles. The minimum absolute atomic E-state index is 0.182. The largest absolute Gasteiger partial charge is 0.494 e. The fraction of sp³-hybridized carbons (Fsp3) is 0.421. The maximum absolute atomic E-state index is 12.0. The Morgan fingerprint density at radius 3 is 2.41 bits per heavy atom. The summed E-state index contributed by atoms with van der Waals surface area (Å²) in [5, 5.41) is 15.9. The number of nitrogens with one attached hydrogen (secondary N) is 1. The highest BCUT2D eigenvalue weighted by Gasteiger charge is 2.30. The third-order valence-corrected chi connectivity index (χ3v) is 3.91. The van der Waals surface area contributed by atoms with Crippen molar-refractivity contribution < 1.29 is 24.2 Å². The van der Waals surface area contributed by atoms with Gasteiger partial charge in [0.1, 0.15) is 11.5 Å². The number of hydrogen-bond donors (Lipinski definition) is 2. The number of carboxylic acid groups (broad SMARTS) is 1. The molecule has 0 saturated heterocycles. The predicted octanol–water partition coefficient (Wildman–Crippen LogP) is 2.90. The van der Waals surface area contributed by atoms with Crippen LogP contribution in [0, 0.1) is 0 Å². The molecule has 0 saturated carbocycles. The molecular weight excluding hydrogens is 350 g/mol. The number of carboxylic acids is 1. The van der Waals surface area contributed by atoms with Crippen molar-refractivity contribution >= 4 is 17.6 Å². The summed E-state index contributed by atoms with van der Waals surface area (Å²) < 4.78 is 12.3. The number of carbonyl (C=O) groups excluding carboxylic acids is 1. The highest BCUT2D eigenvalue weighted by molar-refractivity contribution is 5.90. The minimum Gasteiger partial charge on any atom is -0.494 e. The number of ether oxygens (including phenoxy) is 2. The predicted molar refractivity (Wildman–Crippen MR) is 100 cm³/mol. The first-order chi connectivity index (χ1) is 12.8. The van der Waals surface area contributed by atoms with Gasteiger partial charge in [-0.3, -0.25) is 9.48 Å². The maximum atomic E-state index is 12.0. The van der Waals surface area contributed by atoms with Crippen LogP contribution < -0.4 is 14.8 Å². The van der Waals surface area contributed by atoms with Crippen LogP contribution in [0.4, 0.5) is 5.69 Å². The summed E-state index contributed by atoms with van der Waals surface area (Å²) in [5.74, 6) is 0.319. The Morgan fingerprint density at radius 2 is 1.81 bits per heavy atom. The number of rotatable bonds is 10. The Hall–Kier alpha value is -3.03. The molecule has 1 aromatic heterocycles. The van der Waals surface area contributed by atoms with Crippen LogP contribution in [0.25, 0.3) is 0 Å². The Balaban J connectivity index is 1.73. The zero-order valence-corrected chi connectivity index (χ0v) is 15.8. The Morgan fingerprint density at radius 1 is 1.19 bits per heavy atom. The lowest BCUT2D eigenvalue weighted by atomic mass is 10.1. The molecule has 2 N–H and O–H groups in total. The quantitative estimate of drug-likeness (QED) is 0.619. The summed E-state index contributed by atoms with van der Waals surface area (Å²) in [6.45, 7) is 6.01. The molecule has 1 heterocycles. The van der Waals surface area contributed by atoms with Crippen LogP contribution in [0.5, 0.6) is 11.5 Å². The van der Waals surface area contributed by atoms with Gasteiger partial charge < -0.3 is 19.9 Å². The number of anilines is 1. The molecule has 0 bridgehead atoms. The summed E-state index contributed by atoms with van der Waals surface area (Å²) in [6.07, 6.45) is 3.76. The molecule has 0 spiro atoms. The van der Waals surface area contributed by atoms with Crippen molar-refractivity contribution in [2.45, 2.75) is 39.2 Å². The average Bonchev–Trinajstić information content (AvgIpc) is 3.09. The SMILES string of the molecule is CCOc1ccc(OCCCC(=O)Nc2cnn(C(C)(C)C(=O)O)c2)cc1. The first-order valence-electron chi connectivity index (χ1n) is 8.77. The van der Waals surface area contributed by atoms with Gasteiger partial charge in [-0.2, -0.15) is 5.10 Å². The van der Waals surface area contributed by atoms with E-state index in [0.29, 0.717) is 25.3 Å². The van der Waals surface area contributed by atoms with Crippen molar-refractivity contribution in [3.63, 3.8) is 0 Å². The monoisotopic (exact) mass is 375 g/mol. The molecule has 0 unspecified atom stereocenters. The highest BCUT2D eigenvalue weighted by atomic mass is 16.5. The molecule has 0 atom stereocenters. The molecule has 0 fully saturated rings. The van der Waals surface area contributed by atoms with Crippen molar-refractivity contribution in [2.75, 3.05) is 18.5 Å². The third kappa shape index (κ3) is 5.73. The van der Waals surface area contributed by atoms with E-state index in [0.717, 1.165) is 11.5 Å². The number of carbonyl (C=O) groups is 2. The normalized spacial score (nSPS) is 11.1. The van der Waals surface area contributed by atoms with E-state index < -0.39 is 11.5 Å². The van der Waals surface area contributed by atoms with Gasteiger partial charge in [-0.1, -0.05) is 0 Å². The van der Waals surface area contributed by atoms with Crippen LogP contribution in [-0.2, 0) is 15.1 Å². The number of aromatic nitrogens is 2. The van der Waals surface area contributed by atoms with E-state index in [1.807, 2.05) is 31.2 Å². The lowest BCUT2D eigenvalue weighted by Gasteiger charge is -2.19. The van der Waals surface area contributed by atoms with E-state index in [-0.39, 0.29) is 12.3 Å². The van der Waals surface area contributed by atoms with Gasteiger partial charge in [0.2, 0.25) is 5.91 Å². The van der Waals surface area contributed by atoms with Crippen molar-refractivity contribution in [1.82, 2.24) is 9.78 Å². The van der Waals surface area contributed by atoms with E-state index in [2.05, 4.69) is 10.4 Å². The molecule has 8 nitrogen and oxygen atoms in total. The molecule has 0 radical (unpaired) electrons. The zero-order valence-electron chi connectivity index (χ0n) is 15.8. The second-order valence-electron chi connectivity index (χ2n) is 6.44. The number of benzene rings is 1. The van der Waals surface area contributed by atoms with Crippen molar-refractivity contribution in [3.8, 4) is 11.5 Å². The van der Waals surface area contributed by atoms with Gasteiger partial charge >= 0.3 is 5.97 Å². The molecular formula is C19H25N3O5. The minimum atomic E-state index is -1.19. The number of amides is 1. The van der Waals surface area contributed by atoms with E-state index >= 15 is 0 Å². The molecule has 1 aromatic carbocycles. The summed E-state index contributed by atoms with van der Waals surface area (Å²) in [6, 6.07) is 7.32. The maximum Gasteiger partial charge on any atom is 0.331 e. The molecule has 0 aliphatic carbocycles. The van der Waals surface area contributed by atoms with Gasteiger partial charge in [-0.25, -0.2) is 4.79 Å². The second-order valence-corrected chi connectivity index (χ2v) is 6.44. The van der Waals surface area contributed by atoms with Gasteiger partial charge in [0, 0.05) is 12.6 Å². The van der Waals surface area contributed by atoms with Crippen LogP contribution in [0.3, 0.4) is 0 Å². The topological polar surface area (TPSA) is 103 Å². The highest BCUT2D eigenvalue weighted by Crippen LogP contribution is 2.19. The lowest BCUT2D eigenvalue weighted by Crippen LogP contribution is -2.35. The second kappa shape index (κ2) is 9.07.